The van der Waals surface area contributed by atoms with Gasteiger partial charge in [0.15, 0.2) is 5.16 Å². The van der Waals surface area contributed by atoms with Crippen LogP contribution in [0.2, 0.25) is 0 Å². The number of anilines is 1. The van der Waals surface area contributed by atoms with Crippen LogP contribution >= 0.6 is 23.1 Å². The summed E-state index contributed by atoms with van der Waals surface area (Å²) in [5.41, 5.74) is 6.93. The third kappa shape index (κ3) is 2.93. The van der Waals surface area contributed by atoms with Crippen molar-refractivity contribution in [2.24, 2.45) is 5.73 Å². The fourth-order valence-electron chi connectivity index (χ4n) is 2.31. The summed E-state index contributed by atoms with van der Waals surface area (Å²) in [6.07, 6.45) is 4.22. The van der Waals surface area contributed by atoms with Crippen molar-refractivity contribution in [3.05, 3.63) is 22.3 Å². The number of fused-ring (bicyclic) bond motifs is 1. The summed E-state index contributed by atoms with van der Waals surface area (Å²) in [5.74, 6) is -0.484. The highest BCUT2D eigenvalue weighted by atomic mass is 32.2. The molecule has 0 radical (unpaired) electrons. The van der Waals surface area contributed by atoms with Gasteiger partial charge in [-0.2, -0.15) is 5.10 Å². The van der Waals surface area contributed by atoms with Crippen LogP contribution < -0.4 is 11.1 Å². The first kappa shape index (κ1) is 14.1. The van der Waals surface area contributed by atoms with Gasteiger partial charge in [0.2, 0.25) is 5.91 Å². The van der Waals surface area contributed by atoms with Gasteiger partial charge in [-0.05, 0) is 24.8 Å². The number of rotatable bonds is 5. The van der Waals surface area contributed by atoms with E-state index >= 15 is 0 Å². The first-order chi connectivity index (χ1) is 10.1. The van der Waals surface area contributed by atoms with E-state index in [-0.39, 0.29) is 11.7 Å². The van der Waals surface area contributed by atoms with Gasteiger partial charge in [-0.15, -0.1) is 11.3 Å². The number of carbonyl (C=O) groups excluding carboxylic acids is 2. The van der Waals surface area contributed by atoms with Crippen molar-refractivity contribution in [1.29, 1.82) is 0 Å². The predicted octanol–water partition coefficient (Wildman–Crippen LogP) is 1.18. The number of hydrogen-bond acceptors (Lipinski definition) is 6. The zero-order chi connectivity index (χ0) is 14.8. The Labute approximate surface area is 128 Å². The Kier molecular flexibility index (Phi) is 3.93. The Bertz CT molecular complexity index is 680. The lowest BCUT2D eigenvalue weighted by molar-refractivity contribution is -0.113. The van der Waals surface area contributed by atoms with Gasteiger partial charge in [0.05, 0.1) is 11.3 Å². The fraction of sp³-hybridized carbons (Fsp3) is 0.333. The summed E-state index contributed by atoms with van der Waals surface area (Å²) in [7, 11) is 0. The molecular formula is C12H13N5O2S2. The number of H-pyrrole nitrogens is 1. The van der Waals surface area contributed by atoms with Gasteiger partial charge in [0, 0.05) is 4.88 Å². The van der Waals surface area contributed by atoms with Crippen LogP contribution in [-0.4, -0.2) is 32.7 Å². The second-order valence-electron chi connectivity index (χ2n) is 4.55. The van der Waals surface area contributed by atoms with Gasteiger partial charge in [-0.3, -0.25) is 14.7 Å². The summed E-state index contributed by atoms with van der Waals surface area (Å²) in [6.45, 7) is 0. The van der Waals surface area contributed by atoms with Gasteiger partial charge in [0.25, 0.3) is 5.91 Å². The summed E-state index contributed by atoms with van der Waals surface area (Å²) < 4.78 is 0. The Balaban J connectivity index is 1.70. The van der Waals surface area contributed by atoms with Crippen molar-refractivity contribution in [3.8, 4) is 0 Å². The molecule has 9 heteroatoms. The van der Waals surface area contributed by atoms with Gasteiger partial charge in [0.1, 0.15) is 11.3 Å². The van der Waals surface area contributed by atoms with Crippen LogP contribution in [0.25, 0.3) is 0 Å². The topological polar surface area (TPSA) is 114 Å². The number of aromatic nitrogens is 3. The zero-order valence-electron chi connectivity index (χ0n) is 11.0. The third-order valence-electron chi connectivity index (χ3n) is 3.15. The Morgan fingerprint density at radius 1 is 1.48 bits per heavy atom. The average molecular weight is 323 g/mol. The van der Waals surface area contributed by atoms with Crippen LogP contribution in [0.4, 0.5) is 5.00 Å². The summed E-state index contributed by atoms with van der Waals surface area (Å²) >= 11 is 2.70. The summed E-state index contributed by atoms with van der Waals surface area (Å²) in [6, 6.07) is 0. The van der Waals surface area contributed by atoms with E-state index in [9.17, 15) is 9.59 Å². The molecular weight excluding hydrogens is 310 g/mol. The minimum atomic E-state index is -0.479. The van der Waals surface area contributed by atoms with Crippen molar-refractivity contribution < 1.29 is 9.59 Å². The van der Waals surface area contributed by atoms with Crippen LogP contribution in [-0.2, 0) is 17.6 Å². The number of aromatic amines is 1. The lowest BCUT2D eigenvalue weighted by atomic mass is 10.1. The molecule has 7 nitrogen and oxygen atoms in total. The zero-order valence-corrected chi connectivity index (χ0v) is 12.6. The maximum absolute atomic E-state index is 12.0. The summed E-state index contributed by atoms with van der Waals surface area (Å²) in [5, 5.41) is 10.3. The third-order valence-corrected chi connectivity index (χ3v) is 5.24. The normalized spacial score (nSPS) is 13.1. The molecule has 0 saturated carbocycles. The fourth-order valence-corrected chi connectivity index (χ4v) is 4.20. The number of aryl methyl sites for hydroxylation is 1. The highest BCUT2D eigenvalue weighted by Gasteiger charge is 2.26. The Morgan fingerprint density at radius 2 is 2.33 bits per heavy atom. The number of nitrogens with zero attached hydrogens (tertiary/aromatic N) is 2. The molecule has 0 saturated heterocycles. The van der Waals surface area contributed by atoms with Crippen LogP contribution in [0.15, 0.2) is 11.5 Å². The molecule has 4 N–H and O–H groups in total. The maximum Gasteiger partial charge on any atom is 0.251 e. The Morgan fingerprint density at radius 3 is 3.05 bits per heavy atom. The van der Waals surface area contributed by atoms with E-state index < -0.39 is 5.91 Å². The standard InChI is InChI=1S/C12H13N5O2S2/c13-10(19)9-6-2-1-3-7(6)21-11(9)16-8(18)4-20-12-14-5-15-17-12/h5H,1-4H2,(H2,13,19)(H,16,18)(H,14,15,17). The predicted molar refractivity (Wildman–Crippen MR) is 80.6 cm³/mol. The van der Waals surface area contributed by atoms with E-state index in [0.717, 1.165) is 29.7 Å². The summed E-state index contributed by atoms with van der Waals surface area (Å²) in [4.78, 5) is 28.7. The van der Waals surface area contributed by atoms with Crippen molar-refractivity contribution in [2.75, 3.05) is 11.1 Å². The molecule has 1 aliphatic carbocycles. The number of nitrogens with two attached hydrogens (primary N) is 1. The lowest BCUT2D eigenvalue weighted by Gasteiger charge is -2.05. The SMILES string of the molecule is NC(=O)c1c(NC(=O)CSc2ncn[nH]2)sc2c1CCC2. The van der Waals surface area contributed by atoms with Crippen LogP contribution in [0.3, 0.4) is 0 Å². The van der Waals surface area contributed by atoms with Gasteiger partial charge >= 0.3 is 0 Å². The smallest absolute Gasteiger partial charge is 0.251 e. The average Bonchev–Trinajstić information content (AvgIpc) is 3.11. The van der Waals surface area contributed by atoms with Crippen molar-refractivity contribution in [3.63, 3.8) is 0 Å². The molecule has 0 spiro atoms. The number of primary amides is 1. The second kappa shape index (κ2) is 5.86. The lowest BCUT2D eigenvalue weighted by Crippen LogP contribution is -2.18. The number of amides is 2. The minimum Gasteiger partial charge on any atom is -0.365 e. The van der Waals surface area contributed by atoms with E-state index in [4.69, 9.17) is 5.73 Å². The van der Waals surface area contributed by atoms with Gasteiger partial charge in [-0.25, -0.2) is 4.98 Å². The van der Waals surface area contributed by atoms with E-state index in [2.05, 4.69) is 20.5 Å². The number of hydrogen-bond donors (Lipinski definition) is 3. The first-order valence-corrected chi connectivity index (χ1v) is 8.17. The molecule has 21 heavy (non-hydrogen) atoms. The van der Waals surface area contributed by atoms with Gasteiger partial charge < -0.3 is 11.1 Å². The molecule has 2 aromatic heterocycles. The van der Waals surface area contributed by atoms with Crippen LogP contribution in [0.5, 0.6) is 0 Å². The van der Waals surface area contributed by atoms with Crippen molar-refractivity contribution in [1.82, 2.24) is 15.2 Å². The van der Waals surface area contributed by atoms with E-state index in [1.165, 1.54) is 29.4 Å². The molecule has 0 fully saturated rings. The van der Waals surface area contributed by atoms with Gasteiger partial charge in [-0.1, -0.05) is 11.8 Å². The quantitative estimate of drug-likeness (QED) is 0.715. The first-order valence-electron chi connectivity index (χ1n) is 6.37. The molecule has 2 aromatic rings. The van der Waals surface area contributed by atoms with E-state index in [1.54, 1.807) is 0 Å². The highest BCUT2D eigenvalue weighted by Crippen LogP contribution is 2.38. The number of thioether (sulfide) groups is 1. The minimum absolute atomic E-state index is 0.190. The molecule has 1 aliphatic rings. The second-order valence-corrected chi connectivity index (χ2v) is 6.62. The molecule has 3 rings (SSSR count). The largest absolute Gasteiger partial charge is 0.365 e. The monoisotopic (exact) mass is 323 g/mol. The Hall–Kier alpha value is -1.87. The molecule has 0 aromatic carbocycles. The molecule has 110 valence electrons. The molecule has 2 heterocycles. The van der Waals surface area contributed by atoms with E-state index in [0.29, 0.717) is 15.7 Å². The highest BCUT2D eigenvalue weighted by molar-refractivity contribution is 7.99. The maximum atomic E-state index is 12.0. The van der Waals surface area contributed by atoms with Crippen LogP contribution in [0, 0.1) is 0 Å². The molecule has 0 atom stereocenters. The van der Waals surface area contributed by atoms with Crippen LogP contribution in [0.1, 0.15) is 27.2 Å². The van der Waals surface area contributed by atoms with Crippen molar-refractivity contribution in [2.45, 2.75) is 24.4 Å². The number of nitrogens with one attached hydrogen (secondary N) is 2. The number of carbonyl (C=O) groups is 2. The molecule has 0 bridgehead atoms. The van der Waals surface area contributed by atoms with E-state index in [1.807, 2.05) is 0 Å². The van der Waals surface area contributed by atoms with Crippen molar-refractivity contribution >= 4 is 39.9 Å². The number of thiophene rings is 1. The molecule has 0 aliphatic heterocycles. The molecule has 0 unspecified atom stereocenters. The molecule has 2 amide bonds.